The highest BCUT2D eigenvalue weighted by molar-refractivity contribution is 7.10. The normalized spacial score (nSPS) is 9.70. The number of para-hydroxylation sites is 1. The van der Waals surface area contributed by atoms with Crippen LogP contribution in [0.15, 0.2) is 35.7 Å². The molecule has 1 heterocycles. The topological polar surface area (TPSA) is 49.3 Å². The van der Waals surface area contributed by atoms with Gasteiger partial charge in [-0.05, 0) is 24.1 Å². The van der Waals surface area contributed by atoms with Gasteiger partial charge in [0.05, 0.1) is 10.4 Å². The van der Waals surface area contributed by atoms with E-state index in [-0.39, 0.29) is 12.5 Å². The predicted molar refractivity (Wildman–Crippen MR) is 82.1 cm³/mol. The Hall–Kier alpha value is -2.09. The SMILES string of the molecule is CCc1ccccc1NC(=O)c1csc(C#CCO)c1. The zero-order chi connectivity index (χ0) is 14.4. The second-order valence-corrected chi connectivity index (χ2v) is 5.04. The molecule has 2 rings (SSSR count). The number of nitrogens with one attached hydrogen (secondary N) is 1. The van der Waals surface area contributed by atoms with Crippen LogP contribution in [0.4, 0.5) is 5.69 Å². The second-order valence-electron chi connectivity index (χ2n) is 4.12. The van der Waals surface area contributed by atoms with Crippen LogP contribution in [0.25, 0.3) is 0 Å². The first-order valence-electron chi connectivity index (χ1n) is 6.32. The smallest absolute Gasteiger partial charge is 0.256 e. The van der Waals surface area contributed by atoms with Gasteiger partial charge in [0.15, 0.2) is 0 Å². The van der Waals surface area contributed by atoms with Crippen molar-refractivity contribution in [1.29, 1.82) is 0 Å². The van der Waals surface area contributed by atoms with E-state index in [0.29, 0.717) is 5.56 Å². The molecule has 0 aliphatic heterocycles. The summed E-state index contributed by atoms with van der Waals surface area (Å²) >= 11 is 1.39. The van der Waals surface area contributed by atoms with Gasteiger partial charge in [-0.15, -0.1) is 11.3 Å². The van der Waals surface area contributed by atoms with Crippen molar-refractivity contribution in [2.24, 2.45) is 0 Å². The Morgan fingerprint density at radius 1 is 1.40 bits per heavy atom. The third-order valence-electron chi connectivity index (χ3n) is 2.80. The number of amides is 1. The molecule has 20 heavy (non-hydrogen) atoms. The summed E-state index contributed by atoms with van der Waals surface area (Å²) in [6.07, 6.45) is 0.868. The quantitative estimate of drug-likeness (QED) is 0.852. The van der Waals surface area contributed by atoms with Crippen LogP contribution in [0, 0.1) is 11.8 Å². The summed E-state index contributed by atoms with van der Waals surface area (Å²) in [6.45, 7) is 1.88. The molecule has 0 fully saturated rings. The highest BCUT2D eigenvalue weighted by Gasteiger charge is 2.10. The van der Waals surface area contributed by atoms with Crippen molar-refractivity contribution in [2.45, 2.75) is 13.3 Å². The molecule has 2 N–H and O–H groups in total. The van der Waals surface area contributed by atoms with Gasteiger partial charge in [-0.3, -0.25) is 4.79 Å². The van der Waals surface area contributed by atoms with E-state index >= 15 is 0 Å². The average Bonchev–Trinajstić information content (AvgIpc) is 2.94. The van der Waals surface area contributed by atoms with Crippen LogP contribution in [0.2, 0.25) is 0 Å². The van der Waals surface area contributed by atoms with Gasteiger partial charge >= 0.3 is 0 Å². The number of benzene rings is 1. The summed E-state index contributed by atoms with van der Waals surface area (Å²) in [4.78, 5) is 12.9. The molecule has 4 heteroatoms. The third kappa shape index (κ3) is 3.47. The minimum Gasteiger partial charge on any atom is -0.384 e. The van der Waals surface area contributed by atoms with Gasteiger partial charge < -0.3 is 10.4 Å². The molecule has 102 valence electrons. The van der Waals surface area contributed by atoms with E-state index in [1.807, 2.05) is 24.3 Å². The molecule has 0 saturated carbocycles. The van der Waals surface area contributed by atoms with Crippen molar-refractivity contribution in [3.05, 3.63) is 51.7 Å². The number of carbonyl (C=O) groups excluding carboxylic acids is 1. The first-order valence-corrected chi connectivity index (χ1v) is 7.20. The number of rotatable bonds is 3. The Morgan fingerprint density at radius 3 is 2.95 bits per heavy atom. The lowest BCUT2D eigenvalue weighted by Gasteiger charge is -2.08. The van der Waals surface area contributed by atoms with Gasteiger partial charge in [0.25, 0.3) is 5.91 Å². The number of hydrogen-bond donors (Lipinski definition) is 2. The van der Waals surface area contributed by atoms with Gasteiger partial charge in [0.1, 0.15) is 6.61 Å². The maximum atomic E-state index is 12.2. The fourth-order valence-electron chi connectivity index (χ4n) is 1.79. The molecule has 2 aromatic rings. The predicted octanol–water partition coefficient (Wildman–Crippen LogP) is 2.91. The van der Waals surface area contributed by atoms with Crippen LogP contribution in [0.5, 0.6) is 0 Å². The minimum atomic E-state index is -0.177. The van der Waals surface area contributed by atoms with Crippen molar-refractivity contribution < 1.29 is 9.90 Å². The molecule has 0 radical (unpaired) electrons. The highest BCUT2D eigenvalue weighted by atomic mass is 32.1. The largest absolute Gasteiger partial charge is 0.384 e. The van der Waals surface area contributed by atoms with E-state index in [4.69, 9.17) is 5.11 Å². The number of aliphatic hydroxyl groups is 1. The fraction of sp³-hybridized carbons (Fsp3) is 0.188. The van der Waals surface area contributed by atoms with Gasteiger partial charge in [0, 0.05) is 11.1 Å². The number of anilines is 1. The molecule has 0 aliphatic carbocycles. The summed E-state index contributed by atoms with van der Waals surface area (Å²) in [6, 6.07) is 9.50. The van der Waals surface area contributed by atoms with E-state index in [0.717, 1.165) is 22.5 Å². The Balaban J connectivity index is 2.14. The Morgan fingerprint density at radius 2 is 2.20 bits per heavy atom. The number of carbonyl (C=O) groups is 1. The number of hydrogen-bond acceptors (Lipinski definition) is 3. The standard InChI is InChI=1S/C16H15NO2S/c1-2-12-6-3-4-8-15(12)17-16(19)13-10-14(20-11-13)7-5-9-18/h3-4,6,8,10-11,18H,2,9H2,1H3,(H,17,19). The van der Waals surface area contributed by atoms with Gasteiger partial charge in [-0.2, -0.15) is 0 Å². The van der Waals surface area contributed by atoms with Crippen molar-refractivity contribution in [3.8, 4) is 11.8 Å². The molecule has 1 amide bonds. The summed E-state index contributed by atoms with van der Waals surface area (Å²) < 4.78 is 0. The number of aryl methyl sites for hydroxylation is 1. The van der Waals surface area contributed by atoms with E-state index in [2.05, 4.69) is 24.1 Å². The molecule has 0 unspecified atom stereocenters. The van der Waals surface area contributed by atoms with Crippen molar-refractivity contribution in [1.82, 2.24) is 0 Å². The number of thiophene rings is 1. The molecule has 0 spiro atoms. The molecule has 0 aliphatic rings. The lowest BCUT2D eigenvalue weighted by Crippen LogP contribution is -2.12. The molecule has 3 nitrogen and oxygen atoms in total. The maximum absolute atomic E-state index is 12.2. The summed E-state index contributed by atoms with van der Waals surface area (Å²) in [7, 11) is 0. The van der Waals surface area contributed by atoms with Crippen molar-refractivity contribution in [2.75, 3.05) is 11.9 Å². The molecular weight excluding hydrogens is 270 g/mol. The van der Waals surface area contributed by atoms with E-state index in [1.165, 1.54) is 11.3 Å². The van der Waals surface area contributed by atoms with Crippen LogP contribution in [-0.4, -0.2) is 17.6 Å². The zero-order valence-electron chi connectivity index (χ0n) is 11.1. The van der Waals surface area contributed by atoms with Crippen LogP contribution in [0.3, 0.4) is 0 Å². The third-order valence-corrected chi connectivity index (χ3v) is 3.64. The molecule has 1 aromatic carbocycles. The molecule has 1 aromatic heterocycles. The summed E-state index contributed by atoms with van der Waals surface area (Å²) in [5, 5.41) is 13.3. The van der Waals surface area contributed by atoms with Crippen molar-refractivity contribution in [3.63, 3.8) is 0 Å². The lowest BCUT2D eigenvalue weighted by molar-refractivity contribution is 0.102. The van der Waals surface area contributed by atoms with E-state index in [9.17, 15) is 4.79 Å². The van der Waals surface area contributed by atoms with Crippen LogP contribution >= 0.6 is 11.3 Å². The summed E-state index contributed by atoms with van der Waals surface area (Å²) in [5.41, 5.74) is 2.54. The first-order chi connectivity index (χ1) is 9.74. The maximum Gasteiger partial charge on any atom is 0.256 e. The minimum absolute atomic E-state index is 0.140. The molecule has 0 saturated heterocycles. The monoisotopic (exact) mass is 285 g/mol. The highest BCUT2D eigenvalue weighted by Crippen LogP contribution is 2.19. The Labute approximate surface area is 122 Å². The second kappa shape index (κ2) is 6.90. The molecule has 0 atom stereocenters. The van der Waals surface area contributed by atoms with Gasteiger partial charge in [-0.1, -0.05) is 37.0 Å². The summed E-state index contributed by atoms with van der Waals surface area (Å²) in [5.74, 6) is 5.22. The van der Waals surface area contributed by atoms with E-state index < -0.39 is 0 Å². The zero-order valence-corrected chi connectivity index (χ0v) is 12.0. The van der Waals surface area contributed by atoms with Crippen LogP contribution in [-0.2, 0) is 6.42 Å². The molecular formula is C16H15NO2S. The molecule has 0 bridgehead atoms. The Bertz CT molecular complexity index is 664. The number of aliphatic hydroxyl groups excluding tert-OH is 1. The van der Waals surface area contributed by atoms with Crippen LogP contribution in [0.1, 0.15) is 27.7 Å². The lowest BCUT2D eigenvalue weighted by atomic mass is 10.1. The van der Waals surface area contributed by atoms with Gasteiger partial charge in [0.2, 0.25) is 0 Å². The Kier molecular flexibility index (Phi) is 4.94. The average molecular weight is 285 g/mol. The van der Waals surface area contributed by atoms with Crippen LogP contribution < -0.4 is 5.32 Å². The van der Waals surface area contributed by atoms with E-state index in [1.54, 1.807) is 11.4 Å². The van der Waals surface area contributed by atoms with Crippen molar-refractivity contribution >= 4 is 22.9 Å². The first kappa shape index (κ1) is 14.3. The van der Waals surface area contributed by atoms with Gasteiger partial charge in [-0.25, -0.2) is 0 Å². The fourth-order valence-corrected chi connectivity index (χ4v) is 2.55.